The Kier molecular flexibility index (Phi) is 4.44. The molecule has 0 aliphatic heterocycles. The first-order chi connectivity index (χ1) is 10.8. The van der Waals surface area contributed by atoms with Crippen LogP contribution in [0.2, 0.25) is 0 Å². The lowest BCUT2D eigenvalue weighted by Gasteiger charge is -2.56. The molecular weight excluding hydrogens is 290 g/mol. The minimum Gasteiger partial charge on any atom is -0.436 e. The minimum absolute atomic E-state index is 0.0413. The fourth-order valence-electron chi connectivity index (χ4n) is 5.27. The van der Waals surface area contributed by atoms with E-state index in [0.29, 0.717) is 6.42 Å². The standard InChI is InChI=1S/C19H29NO3/c1-13(22-17(21)4-5-18(2,3)12-20)23-19-9-14-6-15(10-19)8-16(7-14)11-19/h13-16H,4-11H2,1-3H3. The molecule has 4 saturated carbocycles. The lowest BCUT2D eigenvalue weighted by Crippen LogP contribution is -2.53. The average Bonchev–Trinajstić information content (AvgIpc) is 2.43. The Hall–Kier alpha value is -1.08. The van der Waals surface area contributed by atoms with E-state index in [4.69, 9.17) is 14.7 Å². The molecule has 128 valence electrons. The van der Waals surface area contributed by atoms with Gasteiger partial charge in [-0.3, -0.25) is 4.79 Å². The Bertz CT molecular complexity index is 470. The van der Waals surface area contributed by atoms with Gasteiger partial charge >= 0.3 is 5.97 Å². The van der Waals surface area contributed by atoms with Crippen LogP contribution in [0, 0.1) is 34.5 Å². The molecule has 0 spiro atoms. The van der Waals surface area contributed by atoms with Crippen molar-refractivity contribution in [2.45, 2.75) is 84.0 Å². The summed E-state index contributed by atoms with van der Waals surface area (Å²) in [7, 11) is 0. The summed E-state index contributed by atoms with van der Waals surface area (Å²) in [6.07, 6.45) is 7.86. The van der Waals surface area contributed by atoms with Gasteiger partial charge in [0.15, 0.2) is 0 Å². The number of nitriles is 1. The van der Waals surface area contributed by atoms with E-state index in [-0.39, 0.29) is 18.0 Å². The molecule has 0 N–H and O–H groups in total. The highest BCUT2D eigenvalue weighted by Gasteiger charge is 2.52. The van der Waals surface area contributed by atoms with Crippen LogP contribution in [0.3, 0.4) is 0 Å². The molecule has 0 saturated heterocycles. The topological polar surface area (TPSA) is 59.3 Å². The van der Waals surface area contributed by atoms with Gasteiger partial charge in [-0.1, -0.05) is 0 Å². The third kappa shape index (κ3) is 3.88. The average molecular weight is 319 g/mol. The molecule has 4 rings (SSSR count). The summed E-state index contributed by atoms with van der Waals surface area (Å²) in [4.78, 5) is 12.0. The van der Waals surface area contributed by atoms with Crippen LogP contribution in [-0.2, 0) is 14.3 Å². The molecule has 4 nitrogen and oxygen atoms in total. The van der Waals surface area contributed by atoms with Crippen molar-refractivity contribution in [2.24, 2.45) is 23.2 Å². The Morgan fingerprint density at radius 3 is 2.22 bits per heavy atom. The zero-order valence-electron chi connectivity index (χ0n) is 14.6. The second kappa shape index (κ2) is 6.09. The third-order valence-electron chi connectivity index (χ3n) is 5.95. The fourth-order valence-corrected chi connectivity index (χ4v) is 5.27. The molecular formula is C19H29NO3. The smallest absolute Gasteiger partial charge is 0.308 e. The van der Waals surface area contributed by atoms with E-state index in [1.165, 1.54) is 19.3 Å². The van der Waals surface area contributed by atoms with Crippen LogP contribution in [-0.4, -0.2) is 17.9 Å². The molecule has 0 aromatic heterocycles. The van der Waals surface area contributed by atoms with Crippen molar-refractivity contribution in [3.8, 4) is 6.07 Å². The van der Waals surface area contributed by atoms with Gasteiger partial charge in [-0.2, -0.15) is 5.26 Å². The molecule has 4 fully saturated rings. The summed E-state index contributed by atoms with van der Waals surface area (Å²) >= 11 is 0. The SMILES string of the molecule is CC(OC(=O)CCC(C)(C)C#N)OC12CC3CC(CC(C3)C1)C2. The van der Waals surface area contributed by atoms with E-state index < -0.39 is 11.7 Å². The molecule has 1 unspecified atom stereocenters. The normalized spacial score (nSPS) is 36.5. The summed E-state index contributed by atoms with van der Waals surface area (Å²) < 4.78 is 11.7. The maximum Gasteiger partial charge on any atom is 0.308 e. The van der Waals surface area contributed by atoms with Gasteiger partial charge in [-0.15, -0.1) is 0 Å². The number of ether oxygens (including phenoxy) is 2. The van der Waals surface area contributed by atoms with E-state index in [1.54, 1.807) is 0 Å². The van der Waals surface area contributed by atoms with Crippen molar-refractivity contribution in [1.82, 2.24) is 0 Å². The molecule has 4 aliphatic carbocycles. The highest BCUT2D eigenvalue weighted by atomic mass is 16.7. The van der Waals surface area contributed by atoms with Crippen molar-refractivity contribution in [3.05, 3.63) is 0 Å². The molecule has 0 heterocycles. The molecule has 0 aromatic rings. The Morgan fingerprint density at radius 1 is 1.22 bits per heavy atom. The highest BCUT2D eigenvalue weighted by Crippen LogP contribution is 2.57. The largest absolute Gasteiger partial charge is 0.436 e. The first-order valence-corrected chi connectivity index (χ1v) is 9.08. The predicted octanol–water partition coefficient (Wildman–Crippen LogP) is 4.19. The van der Waals surface area contributed by atoms with Gasteiger partial charge in [0.2, 0.25) is 6.29 Å². The van der Waals surface area contributed by atoms with Gasteiger partial charge in [0.1, 0.15) is 0 Å². The van der Waals surface area contributed by atoms with Gasteiger partial charge in [0, 0.05) is 6.42 Å². The zero-order chi connectivity index (χ0) is 16.7. The number of hydrogen-bond donors (Lipinski definition) is 0. The van der Waals surface area contributed by atoms with E-state index in [1.807, 2.05) is 20.8 Å². The van der Waals surface area contributed by atoms with Crippen molar-refractivity contribution in [3.63, 3.8) is 0 Å². The maximum absolute atomic E-state index is 12.0. The lowest BCUT2D eigenvalue weighted by atomic mass is 9.54. The van der Waals surface area contributed by atoms with E-state index in [2.05, 4.69) is 6.07 Å². The van der Waals surface area contributed by atoms with Gasteiger partial charge in [-0.05, 0) is 83.5 Å². The molecule has 1 atom stereocenters. The van der Waals surface area contributed by atoms with Gasteiger partial charge in [0.05, 0.1) is 17.1 Å². The molecule has 0 radical (unpaired) electrons. The van der Waals surface area contributed by atoms with Crippen molar-refractivity contribution >= 4 is 5.97 Å². The second-order valence-electron chi connectivity index (χ2n) is 8.77. The Morgan fingerprint density at radius 2 is 1.74 bits per heavy atom. The molecule has 4 heteroatoms. The van der Waals surface area contributed by atoms with E-state index in [9.17, 15) is 4.79 Å². The molecule has 23 heavy (non-hydrogen) atoms. The maximum atomic E-state index is 12.0. The van der Waals surface area contributed by atoms with Crippen LogP contribution in [0.25, 0.3) is 0 Å². The number of hydrogen-bond acceptors (Lipinski definition) is 4. The Balaban J connectivity index is 1.49. The number of esters is 1. The van der Waals surface area contributed by atoms with Gasteiger partial charge in [0.25, 0.3) is 0 Å². The number of carbonyl (C=O) groups excluding carboxylic acids is 1. The molecule has 0 amide bonds. The molecule has 4 aliphatic rings. The minimum atomic E-state index is -0.483. The van der Waals surface area contributed by atoms with Crippen LogP contribution in [0.15, 0.2) is 0 Å². The van der Waals surface area contributed by atoms with Crippen molar-refractivity contribution in [2.75, 3.05) is 0 Å². The molecule has 0 aromatic carbocycles. The molecule has 4 bridgehead atoms. The van der Waals surface area contributed by atoms with Gasteiger partial charge in [-0.25, -0.2) is 0 Å². The fraction of sp³-hybridized carbons (Fsp3) is 0.895. The van der Waals surface area contributed by atoms with Crippen LogP contribution in [0.4, 0.5) is 0 Å². The summed E-state index contributed by atoms with van der Waals surface area (Å²) in [6, 6.07) is 2.21. The van der Waals surface area contributed by atoms with Crippen LogP contribution in [0.1, 0.15) is 72.1 Å². The zero-order valence-corrected chi connectivity index (χ0v) is 14.6. The summed E-state index contributed by atoms with van der Waals surface area (Å²) in [5.41, 5.74) is -0.524. The quantitative estimate of drug-likeness (QED) is 0.544. The van der Waals surface area contributed by atoms with Crippen LogP contribution >= 0.6 is 0 Å². The van der Waals surface area contributed by atoms with Crippen LogP contribution < -0.4 is 0 Å². The third-order valence-corrected chi connectivity index (χ3v) is 5.95. The number of carbonyl (C=O) groups is 1. The van der Waals surface area contributed by atoms with Crippen LogP contribution in [0.5, 0.6) is 0 Å². The number of rotatable bonds is 6. The number of nitrogens with zero attached hydrogens (tertiary/aromatic N) is 1. The first kappa shape index (κ1) is 16.8. The summed E-state index contributed by atoms with van der Waals surface area (Å²) in [6.45, 7) is 5.53. The van der Waals surface area contributed by atoms with E-state index in [0.717, 1.165) is 37.0 Å². The summed E-state index contributed by atoms with van der Waals surface area (Å²) in [5, 5.41) is 9.00. The van der Waals surface area contributed by atoms with E-state index >= 15 is 0 Å². The predicted molar refractivity (Wildman–Crippen MR) is 86.2 cm³/mol. The lowest BCUT2D eigenvalue weighted by molar-refractivity contribution is -0.245. The summed E-state index contributed by atoms with van der Waals surface area (Å²) in [5.74, 6) is 2.20. The second-order valence-corrected chi connectivity index (χ2v) is 8.77. The van der Waals surface area contributed by atoms with Gasteiger partial charge < -0.3 is 9.47 Å². The monoisotopic (exact) mass is 319 g/mol. The van der Waals surface area contributed by atoms with Crippen molar-refractivity contribution < 1.29 is 14.3 Å². The van der Waals surface area contributed by atoms with Crippen molar-refractivity contribution in [1.29, 1.82) is 5.26 Å². The highest BCUT2D eigenvalue weighted by molar-refractivity contribution is 5.69. The first-order valence-electron chi connectivity index (χ1n) is 9.08. The Labute approximate surface area is 139 Å².